The Morgan fingerprint density at radius 2 is 2.05 bits per heavy atom. The molecule has 104 valence electrons. The van der Waals surface area contributed by atoms with E-state index >= 15 is 0 Å². The predicted octanol–water partition coefficient (Wildman–Crippen LogP) is 2.35. The van der Waals surface area contributed by atoms with Crippen molar-refractivity contribution in [1.82, 2.24) is 9.71 Å². The molecule has 3 rings (SSSR count). The van der Waals surface area contributed by atoms with Crippen molar-refractivity contribution in [3.05, 3.63) is 58.9 Å². The molecule has 0 radical (unpaired) electrons. The monoisotopic (exact) mass is 308 g/mol. The lowest BCUT2D eigenvalue weighted by molar-refractivity contribution is 0.552. The number of halogens is 1. The molecule has 0 fully saturated rings. The number of sulfonamides is 1. The molecule has 20 heavy (non-hydrogen) atoms. The molecule has 1 aromatic carbocycles. The summed E-state index contributed by atoms with van der Waals surface area (Å²) in [5.74, 6) is 0.251. The predicted molar refractivity (Wildman–Crippen MR) is 77.3 cm³/mol. The van der Waals surface area contributed by atoms with Gasteiger partial charge in [0.15, 0.2) is 0 Å². The minimum absolute atomic E-state index is 0.134. The zero-order valence-corrected chi connectivity index (χ0v) is 12.2. The van der Waals surface area contributed by atoms with Crippen LogP contribution in [0.3, 0.4) is 0 Å². The Hall–Kier alpha value is -1.43. The average Bonchev–Trinajstić information content (AvgIpc) is 2.40. The van der Waals surface area contributed by atoms with Crippen molar-refractivity contribution in [3.63, 3.8) is 0 Å². The van der Waals surface area contributed by atoms with Crippen molar-refractivity contribution in [2.75, 3.05) is 6.54 Å². The van der Waals surface area contributed by atoms with Gasteiger partial charge in [-0.25, -0.2) is 18.1 Å². The fourth-order valence-corrected chi connectivity index (χ4v) is 3.50. The zero-order valence-electron chi connectivity index (χ0n) is 10.6. The second kappa shape index (κ2) is 5.16. The Morgan fingerprint density at radius 3 is 2.75 bits per heavy atom. The van der Waals surface area contributed by atoms with E-state index in [0.29, 0.717) is 6.54 Å². The molecule has 1 atom stereocenters. The van der Waals surface area contributed by atoms with Gasteiger partial charge in [-0.05, 0) is 29.7 Å². The summed E-state index contributed by atoms with van der Waals surface area (Å²) in [5, 5.41) is 0.275. The molecule has 0 spiro atoms. The summed E-state index contributed by atoms with van der Waals surface area (Å²) < 4.78 is 26.8. The van der Waals surface area contributed by atoms with Crippen LogP contribution < -0.4 is 4.72 Å². The van der Waals surface area contributed by atoms with Crippen LogP contribution in [0.2, 0.25) is 5.15 Å². The highest BCUT2D eigenvalue weighted by Crippen LogP contribution is 2.34. The standard InChI is InChI=1S/C14H13ClN2O2S/c15-14-6-5-12(9-16-14)20(18,19)17-8-11-7-10-3-1-2-4-13(10)11/h1-6,9,11,17H,7-8H2. The number of aromatic nitrogens is 1. The van der Waals surface area contributed by atoms with Gasteiger partial charge in [0, 0.05) is 18.7 Å². The van der Waals surface area contributed by atoms with Gasteiger partial charge >= 0.3 is 0 Å². The third kappa shape index (κ3) is 2.57. The van der Waals surface area contributed by atoms with E-state index in [2.05, 4.69) is 15.8 Å². The molecule has 0 amide bonds. The Kier molecular flexibility index (Phi) is 3.50. The van der Waals surface area contributed by atoms with E-state index in [0.717, 1.165) is 6.42 Å². The maximum Gasteiger partial charge on any atom is 0.242 e. The van der Waals surface area contributed by atoms with E-state index in [1.165, 1.54) is 29.5 Å². The first kappa shape index (κ1) is 13.5. The van der Waals surface area contributed by atoms with E-state index in [-0.39, 0.29) is 16.0 Å². The Morgan fingerprint density at radius 1 is 1.25 bits per heavy atom. The Labute approximate surface area is 122 Å². The highest BCUT2D eigenvalue weighted by molar-refractivity contribution is 7.89. The minimum atomic E-state index is -3.52. The molecule has 0 aliphatic heterocycles. The third-order valence-electron chi connectivity index (χ3n) is 3.49. The molecular formula is C14H13ClN2O2S. The van der Waals surface area contributed by atoms with Crippen molar-refractivity contribution in [1.29, 1.82) is 0 Å². The van der Waals surface area contributed by atoms with Gasteiger partial charge in [-0.1, -0.05) is 35.9 Å². The van der Waals surface area contributed by atoms with Gasteiger partial charge in [0.05, 0.1) is 0 Å². The fraction of sp³-hybridized carbons (Fsp3) is 0.214. The van der Waals surface area contributed by atoms with Crippen LogP contribution in [0.25, 0.3) is 0 Å². The summed E-state index contributed by atoms with van der Waals surface area (Å²) in [6.07, 6.45) is 2.18. The molecule has 0 saturated carbocycles. The van der Waals surface area contributed by atoms with Gasteiger partial charge in [-0.2, -0.15) is 0 Å². The van der Waals surface area contributed by atoms with Gasteiger partial charge in [0.25, 0.3) is 0 Å². The van der Waals surface area contributed by atoms with Crippen LogP contribution in [0.15, 0.2) is 47.5 Å². The zero-order chi connectivity index (χ0) is 14.2. The normalized spacial score (nSPS) is 17.4. The van der Waals surface area contributed by atoms with Crippen LogP contribution >= 0.6 is 11.6 Å². The molecule has 1 aromatic heterocycles. The highest BCUT2D eigenvalue weighted by atomic mass is 35.5. The second-order valence-corrected chi connectivity index (χ2v) is 6.92. The summed E-state index contributed by atoms with van der Waals surface area (Å²) in [4.78, 5) is 3.92. The van der Waals surface area contributed by atoms with Crippen molar-refractivity contribution in [2.24, 2.45) is 0 Å². The van der Waals surface area contributed by atoms with Crippen LogP contribution in [0.5, 0.6) is 0 Å². The molecule has 1 N–H and O–H groups in total. The SMILES string of the molecule is O=S(=O)(NCC1Cc2ccccc21)c1ccc(Cl)nc1. The first-order valence-corrected chi connectivity index (χ1v) is 8.11. The quantitative estimate of drug-likeness (QED) is 0.882. The molecule has 1 aliphatic carbocycles. The average molecular weight is 309 g/mol. The lowest BCUT2D eigenvalue weighted by Crippen LogP contribution is -2.33. The van der Waals surface area contributed by atoms with Crippen LogP contribution in [-0.4, -0.2) is 19.9 Å². The Bertz CT molecular complexity index is 729. The third-order valence-corrected chi connectivity index (χ3v) is 5.12. The van der Waals surface area contributed by atoms with Gasteiger partial charge in [0.2, 0.25) is 10.0 Å². The Balaban J connectivity index is 1.68. The summed E-state index contributed by atoms with van der Waals surface area (Å²) in [6, 6.07) is 11.0. The van der Waals surface area contributed by atoms with Gasteiger partial charge in [-0.15, -0.1) is 0 Å². The smallest absolute Gasteiger partial charge is 0.242 e. The van der Waals surface area contributed by atoms with Crippen molar-refractivity contribution < 1.29 is 8.42 Å². The van der Waals surface area contributed by atoms with E-state index < -0.39 is 10.0 Å². The van der Waals surface area contributed by atoms with Crippen molar-refractivity contribution >= 4 is 21.6 Å². The lowest BCUT2D eigenvalue weighted by atomic mass is 9.78. The number of hydrogen-bond donors (Lipinski definition) is 1. The van der Waals surface area contributed by atoms with Crippen LogP contribution in [0.1, 0.15) is 17.0 Å². The minimum Gasteiger partial charge on any atom is -0.243 e. The number of fused-ring (bicyclic) bond motifs is 1. The number of pyridine rings is 1. The van der Waals surface area contributed by atoms with Crippen LogP contribution in [-0.2, 0) is 16.4 Å². The van der Waals surface area contributed by atoms with Gasteiger partial charge < -0.3 is 0 Å². The highest BCUT2D eigenvalue weighted by Gasteiger charge is 2.27. The number of nitrogens with zero attached hydrogens (tertiary/aromatic N) is 1. The van der Waals surface area contributed by atoms with Crippen molar-refractivity contribution in [2.45, 2.75) is 17.2 Å². The maximum atomic E-state index is 12.1. The number of nitrogens with one attached hydrogen (secondary N) is 1. The maximum absolute atomic E-state index is 12.1. The summed E-state index contributed by atoms with van der Waals surface area (Å²) >= 11 is 5.65. The van der Waals surface area contributed by atoms with E-state index in [9.17, 15) is 8.42 Å². The fourth-order valence-electron chi connectivity index (χ4n) is 2.36. The molecule has 6 heteroatoms. The number of rotatable bonds is 4. The van der Waals surface area contributed by atoms with Crippen LogP contribution in [0, 0.1) is 0 Å². The summed E-state index contributed by atoms with van der Waals surface area (Å²) in [6.45, 7) is 0.405. The second-order valence-electron chi connectivity index (χ2n) is 4.77. The summed E-state index contributed by atoms with van der Waals surface area (Å²) in [7, 11) is -3.52. The van der Waals surface area contributed by atoms with Crippen LogP contribution in [0.4, 0.5) is 0 Å². The number of benzene rings is 1. The number of hydrogen-bond acceptors (Lipinski definition) is 3. The topological polar surface area (TPSA) is 59.1 Å². The lowest BCUT2D eigenvalue weighted by Gasteiger charge is -2.30. The first-order valence-electron chi connectivity index (χ1n) is 6.25. The summed E-state index contributed by atoms with van der Waals surface area (Å²) in [5.41, 5.74) is 2.52. The van der Waals surface area contributed by atoms with Crippen molar-refractivity contribution in [3.8, 4) is 0 Å². The van der Waals surface area contributed by atoms with E-state index in [1.54, 1.807) is 0 Å². The molecule has 1 aliphatic rings. The molecule has 0 saturated heterocycles. The molecule has 1 heterocycles. The molecule has 1 unspecified atom stereocenters. The van der Waals surface area contributed by atoms with E-state index in [4.69, 9.17) is 11.6 Å². The molecule has 2 aromatic rings. The van der Waals surface area contributed by atoms with E-state index in [1.807, 2.05) is 18.2 Å². The van der Waals surface area contributed by atoms with Gasteiger partial charge in [0.1, 0.15) is 10.0 Å². The molecular weight excluding hydrogens is 296 g/mol. The molecule has 0 bridgehead atoms. The van der Waals surface area contributed by atoms with Gasteiger partial charge in [-0.3, -0.25) is 0 Å². The first-order chi connectivity index (χ1) is 9.56. The molecule has 4 nitrogen and oxygen atoms in total. The largest absolute Gasteiger partial charge is 0.243 e.